The zero-order valence-corrected chi connectivity index (χ0v) is 15.1. The summed E-state index contributed by atoms with van der Waals surface area (Å²) in [6, 6.07) is 6.52. The molecule has 7 heteroatoms. The van der Waals surface area contributed by atoms with Gasteiger partial charge in [-0.15, -0.1) is 0 Å². The first kappa shape index (κ1) is 20.9. The van der Waals surface area contributed by atoms with E-state index in [4.69, 9.17) is 9.47 Å². The van der Waals surface area contributed by atoms with Crippen molar-refractivity contribution < 1.29 is 24.2 Å². The zero-order chi connectivity index (χ0) is 18.7. The van der Waals surface area contributed by atoms with Crippen LogP contribution < -0.4 is 10.6 Å². The fourth-order valence-electron chi connectivity index (χ4n) is 1.84. The van der Waals surface area contributed by atoms with Gasteiger partial charge in [-0.05, 0) is 30.7 Å². The highest BCUT2D eigenvalue weighted by Gasteiger charge is 2.12. The lowest BCUT2D eigenvalue weighted by Crippen LogP contribution is -2.35. The van der Waals surface area contributed by atoms with Crippen molar-refractivity contribution >= 4 is 17.7 Å². The number of unbranched alkanes of at least 4 members (excludes halogenated alkanes) is 1. The highest BCUT2D eigenvalue weighted by Crippen LogP contribution is 2.11. The summed E-state index contributed by atoms with van der Waals surface area (Å²) in [5, 5.41) is 15.4. The van der Waals surface area contributed by atoms with Crippen LogP contribution in [-0.2, 0) is 9.47 Å². The van der Waals surface area contributed by atoms with E-state index in [1.165, 1.54) is 0 Å². The number of hydrogen-bond acceptors (Lipinski definition) is 6. The molecule has 1 aromatic rings. The molecule has 0 aliphatic carbocycles. The molecule has 7 nitrogen and oxygen atoms in total. The van der Waals surface area contributed by atoms with Crippen molar-refractivity contribution in [2.24, 2.45) is 0 Å². The Morgan fingerprint density at radius 2 is 1.84 bits per heavy atom. The normalized spacial score (nSPS) is 11.9. The summed E-state index contributed by atoms with van der Waals surface area (Å²) in [5.41, 5.74) is 0.869. The van der Waals surface area contributed by atoms with E-state index >= 15 is 0 Å². The van der Waals surface area contributed by atoms with Crippen molar-refractivity contribution in [3.8, 4) is 0 Å². The number of amides is 1. The molecular weight excluding hydrogens is 324 g/mol. The summed E-state index contributed by atoms with van der Waals surface area (Å²) < 4.78 is 10.1. The molecule has 0 radical (unpaired) electrons. The van der Waals surface area contributed by atoms with Crippen LogP contribution >= 0.6 is 0 Å². The standard InChI is InChI=1S/C18H28N2O5/c1-4-5-10-24-18(23)20-15-8-6-14(7-9-15)17(22)25-12-16(21)11-19-13(2)3/h6-9,13,16,19,21H,4-5,10-12H2,1-3H3,(H,20,23). The topological polar surface area (TPSA) is 96.9 Å². The number of ether oxygens (including phenoxy) is 2. The van der Waals surface area contributed by atoms with Crippen molar-refractivity contribution in [2.75, 3.05) is 25.1 Å². The quantitative estimate of drug-likeness (QED) is 0.442. The van der Waals surface area contributed by atoms with Crippen LogP contribution in [0.2, 0.25) is 0 Å². The smallest absolute Gasteiger partial charge is 0.411 e. The van der Waals surface area contributed by atoms with Gasteiger partial charge in [-0.3, -0.25) is 5.32 Å². The molecule has 0 fully saturated rings. The van der Waals surface area contributed by atoms with Crippen molar-refractivity contribution in [2.45, 2.75) is 45.8 Å². The van der Waals surface area contributed by atoms with Crippen LogP contribution in [-0.4, -0.2) is 49.1 Å². The van der Waals surface area contributed by atoms with Gasteiger partial charge in [0.05, 0.1) is 12.2 Å². The molecule has 0 saturated carbocycles. The first-order valence-electron chi connectivity index (χ1n) is 8.54. The van der Waals surface area contributed by atoms with Crippen molar-refractivity contribution in [1.82, 2.24) is 5.32 Å². The highest BCUT2D eigenvalue weighted by atomic mass is 16.5. The van der Waals surface area contributed by atoms with E-state index in [-0.39, 0.29) is 12.6 Å². The molecule has 0 saturated heterocycles. The van der Waals surface area contributed by atoms with Crippen LogP contribution in [0.1, 0.15) is 44.0 Å². The Hall–Kier alpha value is -2.12. The molecule has 0 aliphatic heterocycles. The third-order valence-corrected chi connectivity index (χ3v) is 3.27. The number of rotatable bonds is 10. The van der Waals surface area contributed by atoms with Crippen LogP contribution in [0.5, 0.6) is 0 Å². The molecule has 0 spiro atoms. The Labute approximate surface area is 148 Å². The zero-order valence-electron chi connectivity index (χ0n) is 15.1. The molecule has 25 heavy (non-hydrogen) atoms. The molecule has 1 aromatic carbocycles. The Morgan fingerprint density at radius 1 is 1.16 bits per heavy atom. The molecule has 1 rings (SSSR count). The fraction of sp³-hybridized carbons (Fsp3) is 0.556. The number of carbonyl (C=O) groups is 2. The van der Waals surface area contributed by atoms with Gasteiger partial charge >= 0.3 is 12.1 Å². The maximum Gasteiger partial charge on any atom is 0.411 e. The van der Waals surface area contributed by atoms with Gasteiger partial charge in [0.25, 0.3) is 0 Å². The lowest BCUT2D eigenvalue weighted by Gasteiger charge is -2.14. The number of esters is 1. The number of hydrogen-bond donors (Lipinski definition) is 3. The van der Waals surface area contributed by atoms with Crippen molar-refractivity contribution in [3.05, 3.63) is 29.8 Å². The van der Waals surface area contributed by atoms with Gasteiger partial charge < -0.3 is 19.9 Å². The molecule has 0 heterocycles. The Morgan fingerprint density at radius 3 is 2.44 bits per heavy atom. The molecule has 140 valence electrons. The number of benzene rings is 1. The predicted molar refractivity (Wildman–Crippen MR) is 95.7 cm³/mol. The molecule has 0 aliphatic rings. The minimum absolute atomic E-state index is 0.0810. The summed E-state index contributed by atoms with van der Waals surface area (Å²) >= 11 is 0. The average molecular weight is 352 g/mol. The Balaban J connectivity index is 2.39. The first-order valence-corrected chi connectivity index (χ1v) is 8.54. The van der Waals surface area contributed by atoms with Gasteiger partial charge in [0.2, 0.25) is 0 Å². The molecule has 1 atom stereocenters. The molecule has 0 bridgehead atoms. The second-order valence-electron chi connectivity index (χ2n) is 6.01. The number of nitrogens with one attached hydrogen (secondary N) is 2. The van der Waals surface area contributed by atoms with E-state index in [0.29, 0.717) is 24.4 Å². The Kier molecular flexibility index (Phi) is 9.57. The summed E-state index contributed by atoms with van der Waals surface area (Å²) in [4.78, 5) is 23.5. The van der Waals surface area contributed by atoms with Crippen LogP contribution in [0, 0.1) is 0 Å². The SMILES string of the molecule is CCCCOC(=O)Nc1ccc(C(=O)OCC(O)CNC(C)C)cc1. The number of carbonyl (C=O) groups excluding carboxylic acids is 2. The summed E-state index contributed by atoms with van der Waals surface area (Å²) in [7, 11) is 0. The first-order chi connectivity index (χ1) is 11.9. The third-order valence-electron chi connectivity index (χ3n) is 3.27. The van der Waals surface area contributed by atoms with E-state index in [9.17, 15) is 14.7 Å². The van der Waals surface area contributed by atoms with Crippen molar-refractivity contribution in [1.29, 1.82) is 0 Å². The van der Waals surface area contributed by atoms with Gasteiger partial charge in [0.15, 0.2) is 0 Å². The van der Waals surface area contributed by atoms with Crippen LogP contribution in [0.15, 0.2) is 24.3 Å². The van der Waals surface area contributed by atoms with Gasteiger partial charge in [-0.25, -0.2) is 9.59 Å². The van der Waals surface area contributed by atoms with Crippen LogP contribution in [0.3, 0.4) is 0 Å². The van der Waals surface area contributed by atoms with Gasteiger partial charge in [-0.1, -0.05) is 27.2 Å². The van der Waals surface area contributed by atoms with Crippen molar-refractivity contribution in [3.63, 3.8) is 0 Å². The maximum absolute atomic E-state index is 11.9. The van der Waals surface area contributed by atoms with Gasteiger partial charge in [0.1, 0.15) is 12.7 Å². The second-order valence-corrected chi connectivity index (χ2v) is 6.01. The van der Waals surface area contributed by atoms with Gasteiger partial charge in [0, 0.05) is 18.3 Å². The van der Waals surface area contributed by atoms with E-state index in [1.54, 1.807) is 24.3 Å². The molecule has 1 unspecified atom stereocenters. The second kappa shape index (κ2) is 11.4. The number of anilines is 1. The molecule has 1 amide bonds. The Bertz CT molecular complexity index is 531. The van der Waals surface area contributed by atoms with E-state index < -0.39 is 18.2 Å². The lowest BCUT2D eigenvalue weighted by molar-refractivity contribution is 0.0256. The lowest BCUT2D eigenvalue weighted by atomic mass is 10.2. The van der Waals surface area contributed by atoms with Crippen LogP contribution in [0.4, 0.5) is 10.5 Å². The maximum atomic E-state index is 11.9. The predicted octanol–water partition coefficient (Wildman–Crippen LogP) is 2.55. The van der Waals surface area contributed by atoms with E-state index in [2.05, 4.69) is 10.6 Å². The summed E-state index contributed by atoms with van der Waals surface area (Å²) in [6.45, 7) is 6.59. The molecular formula is C18H28N2O5. The summed E-state index contributed by atoms with van der Waals surface area (Å²) in [6.07, 6.45) is 0.484. The van der Waals surface area contributed by atoms with E-state index in [0.717, 1.165) is 12.8 Å². The number of aliphatic hydroxyl groups is 1. The summed E-state index contributed by atoms with van der Waals surface area (Å²) in [5.74, 6) is -0.527. The van der Waals surface area contributed by atoms with E-state index in [1.807, 2.05) is 20.8 Å². The van der Waals surface area contributed by atoms with Crippen LogP contribution in [0.25, 0.3) is 0 Å². The molecule has 3 N–H and O–H groups in total. The monoisotopic (exact) mass is 352 g/mol. The fourth-order valence-corrected chi connectivity index (χ4v) is 1.84. The highest BCUT2D eigenvalue weighted by molar-refractivity contribution is 5.91. The average Bonchev–Trinajstić information content (AvgIpc) is 2.58. The molecule has 0 aromatic heterocycles. The number of aliphatic hydroxyl groups excluding tert-OH is 1. The largest absolute Gasteiger partial charge is 0.459 e. The third kappa shape index (κ3) is 9.07. The van der Waals surface area contributed by atoms with Gasteiger partial charge in [-0.2, -0.15) is 0 Å². The minimum Gasteiger partial charge on any atom is -0.459 e. The minimum atomic E-state index is -0.759.